The molecule has 0 unspecified atom stereocenters. The predicted molar refractivity (Wildman–Crippen MR) is 68.5 cm³/mol. The molecule has 3 heteroatoms. The van der Waals surface area contributed by atoms with Crippen molar-refractivity contribution in [2.24, 2.45) is 5.41 Å². The molecule has 0 aromatic carbocycles. The van der Waals surface area contributed by atoms with E-state index in [0.29, 0.717) is 5.41 Å². The fourth-order valence-corrected chi connectivity index (χ4v) is 2.66. The van der Waals surface area contributed by atoms with E-state index in [2.05, 4.69) is 23.7 Å². The monoisotopic (exact) mass is 219 g/mol. The second kappa shape index (κ2) is 4.32. The predicted octanol–water partition coefficient (Wildman–Crippen LogP) is 2.68. The highest BCUT2D eigenvalue weighted by Gasteiger charge is 2.35. The number of nitrogens with two attached hydrogens (primary N) is 1. The van der Waals surface area contributed by atoms with E-state index in [1.807, 2.05) is 12.3 Å². The van der Waals surface area contributed by atoms with E-state index in [9.17, 15) is 0 Å². The van der Waals surface area contributed by atoms with Gasteiger partial charge in [-0.15, -0.1) is 0 Å². The standard InChI is InChI=1S/C13H21N3/c1-3-13(4-2)6-8-16(10-13)12-5-7-15-9-11(12)14/h5,7,9H,3-4,6,8,10,14H2,1-2H3. The number of nitrogen functional groups attached to an aromatic ring is 1. The first-order chi connectivity index (χ1) is 7.71. The number of anilines is 2. The lowest BCUT2D eigenvalue weighted by molar-refractivity contribution is 0.301. The molecule has 0 spiro atoms. The molecule has 2 rings (SSSR count). The third kappa shape index (κ3) is 1.86. The van der Waals surface area contributed by atoms with E-state index in [0.717, 1.165) is 24.5 Å². The van der Waals surface area contributed by atoms with Crippen molar-refractivity contribution in [2.45, 2.75) is 33.1 Å². The van der Waals surface area contributed by atoms with Gasteiger partial charge in [0.2, 0.25) is 0 Å². The van der Waals surface area contributed by atoms with Gasteiger partial charge in [-0.05, 0) is 30.7 Å². The summed E-state index contributed by atoms with van der Waals surface area (Å²) in [5, 5.41) is 0. The molecule has 2 N–H and O–H groups in total. The number of nitrogens with zero attached hydrogens (tertiary/aromatic N) is 2. The van der Waals surface area contributed by atoms with Crippen LogP contribution in [0.3, 0.4) is 0 Å². The summed E-state index contributed by atoms with van der Waals surface area (Å²) in [6.07, 6.45) is 7.36. The van der Waals surface area contributed by atoms with Gasteiger partial charge >= 0.3 is 0 Å². The van der Waals surface area contributed by atoms with E-state index >= 15 is 0 Å². The SMILES string of the molecule is CCC1(CC)CCN(c2ccncc2N)C1. The van der Waals surface area contributed by atoms with Crippen LogP contribution in [0.2, 0.25) is 0 Å². The molecule has 0 atom stereocenters. The van der Waals surface area contributed by atoms with Gasteiger partial charge in [0.1, 0.15) is 0 Å². The van der Waals surface area contributed by atoms with Gasteiger partial charge in [0.05, 0.1) is 17.6 Å². The van der Waals surface area contributed by atoms with Gasteiger partial charge in [-0.1, -0.05) is 13.8 Å². The molecule has 1 fully saturated rings. The largest absolute Gasteiger partial charge is 0.396 e. The Morgan fingerprint density at radius 2 is 2.19 bits per heavy atom. The molecule has 1 aromatic heterocycles. The van der Waals surface area contributed by atoms with Gasteiger partial charge in [-0.25, -0.2) is 0 Å². The van der Waals surface area contributed by atoms with Crippen molar-refractivity contribution in [3.05, 3.63) is 18.5 Å². The molecule has 0 bridgehead atoms. The molecule has 16 heavy (non-hydrogen) atoms. The van der Waals surface area contributed by atoms with Crippen molar-refractivity contribution in [1.29, 1.82) is 0 Å². The molecular weight excluding hydrogens is 198 g/mol. The fourth-order valence-electron chi connectivity index (χ4n) is 2.66. The quantitative estimate of drug-likeness (QED) is 0.850. The number of hydrogen-bond donors (Lipinski definition) is 1. The van der Waals surface area contributed by atoms with Crippen LogP contribution >= 0.6 is 0 Å². The maximum atomic E-state index is 5.97. The average molecular weight is 219 g/mol. The lowest BCUT2D eigenvalue weighted by atomic mass is 9.82. The Balaban J connectivity index is 2.18. The molecule has 0 aliphatic carbocycles. The van der Waals surface area contributed by atoms with Gasteiger partial charge in [-0.2, -0.15) is 0 Å². The highest BCUT2D eigenvalue weighted by molar-refractivity contribution is 5.66. The van der Waals surface area contributed by atoms with Crippen LogP contribution in [0.15, 0.2) is 18.5 Å². The van der Waals surface area contributed by atoms with Gasteiger partial charge < -0.3 is 10.6 Å². The van der Waals surface area contributed by atoms with Gasteiger partial charge in [0.25, 0.3) is 0 Å². The summed E-state index contributed by atoms with van der Waals surface area (Å²) in [7, 11) is 0. The van der Waals surface area contributed by atoms with E-state index in [4.69, 9.17) is 5.73 Å². The third-order valence-corrected chi connectivity index (χ3v) is 4.11. The van der Waals surface area contributed by atoms with Crippen LogP contribution in [0.4, 0.5) is 11.4 Å². The molecule has 1 aromatic rings. The Bertz CT molecular complexity index is 358. The number of hydrogen-bond acceptors (Lipinski definition) is 3. The summed E-state index contributed by atoms with van der Waals surface area (Å²) in [6.45, 7) is 6.84. The Morgan fingerprint density at radius 1 is 1.44 bits per heavy atom. The molecule has 88 valence electrons. The second-order valence-electron chi connectivity index (χ2n) is 4.81. The molecular formula is C13H21N3. The number of aromatic nitrogens is 1. The van der Waals surface area contributed by atoms with Crippen LogP contribution in [0, 0.1) is 5.41 Å². The lowest BCUT2D eigenvalue weighted by Gasteiger charge is -2.27. The van der Waals surface area contributed by atoms with Crippen LogP contribution in [0.1, 0.15) is 33.1 Å². The van der Waals surface area contributed by atoms with Crippen molar-refractivity contribution in [2.75, 3.05) is 23.7 Å². The fraction of sp³-hybridized carbons (Fsp3) is 0.615. The van der Waals surface area contributed by atoms with Crippen LogP contribution in [0.5, 0.6) is 0 Å². The molecule has 1 saturated heterocycles. The first kappa shape index (κ1) is 11.2. The number of rotatable bonds is 3. The minimum absolute atomic E-state index is 0.496. The minimum atomic E-state index is 0.496. The average Bonchev–Trinajstić information content (AvgIpc) is 2.75. The molecule has 0 saturated carbocycles. The molecule has 1 aliphatic heterocycles. The maximum absolute atomic E-state index is 5.97. The molecule has 1 aliphatic rings. The van der Waals surface area contributed by atoms with Crippen molar-refractivity contribution < 1.29 is 0 Å². The molecule has 2 heterocycles. The van der Waals surface area contributed by atoms with Crippen LogP contribution < -0.4 is 10.6 Å². The Labute approximate surface area is 97.7 Å². The minimum Gasteiger partial charge on any atom is -0.396 e. The Morgan fingerprint density at radius 3 is 2.75 bits per heavy atom. The second-order valence-corrected chi connectivity index (χ2v) is 4.81. The van der Waals surface area contributed by atoms with Gasteiger partial charge in [-0.3, -0.25) is 4.98 Å². The van der Waals surface area contributed by atoms with Gasteiger partial charge in [0.15, 0.2) is 0 Å². The Hall–Kier alpha value is -1.25. The summed E-state index contributed by atoms with van der Waals surface area (Å²) >= 11 is 0. The zero-order chi connectivity index (χ0) is 11.6. The van der Waals surface area contributed by atoms with Crippen molar-refractivity contribution >= 4 is 11.4 Å². The van der Waals surface area contributed by atoms with E-state index in [-0.39, 0.29) is 0 Å². The summed E-state index contributed by atoms with van der Waals surface area (Å²) in [4.78, 5) is 6.45. The zero-order valence-corrected chi connectivity index (χ0v) is 10.2. The number of pyridine rings is 1. The summed E-state index contributed by atoms with van der Waals surface area (Å²) in [6, 6.07) is 2.02. The van der Waals surface area contributed by atoms with Gasteiger partial charge in [0, 0.05) is 19.3 Å². The first-order valence-electron chi connectivity index (χ1n) is 6.15. The van der Waals surface area contributed by atoms with Crippen molar-refractivity contribution in [3.8, 4) is 0 Å². The Kier molecular flexibility index (Phi) is 3.03. The molecule has 0 radical (unpaired) electrons. The molecule has 3 nitrogen and oxygen atoms in total. The van der Waals surface area contributed by atoms with E-state index in [1.54, 1.807) is 6.20 Å². The normalized spacial score (nSPS) is 19.0. The highest BCUT2D eigenvalue weighted by Crippen LogP contribution is 2.40. The summed E-state index contributed by atoms with van der Waals surface area (Å²) in [5.41, 5.74) is 8.41. The summed E-state index contributed by atoms with van der Waals surface area (Å²) in [5.74, 6) is 0. The lowest BCUT2D eigenvalue weighted by Crippen LogP contribution is -2.26. The highest BCUT2D eigenvalue weighted by atomic mass is 15.2. The van der Waals surface area contributed by atoms with Crippen LogP contribution in [-0.4, -0.2) is 18.1 Å². The van der Waals surface area contributed by atoms with Crippen LogP contribution in [0.25, 0.3) is 0 Å². The van der Waals surface area contributed by atoms with E-state index < -0.39 is 0 Å². The summed E-state index contributed by atoms with van der Waals surface area (Å²) < 4.78 is 0. The smallest absolute Gasteiger partial charge is 0.0738 e. The molecule has 0 amide bonds. The zero-order valence-electron chi connectivity index (χ0n) is 10.2. The van der Waals surface area contributed by atoms with Crippen molar-refractivity contribution in [3.63, 3.8) is 0 Å². The van der Waals surface area contributed by atoms with Crippen molar-refractivity contribution in [1.82, 2.24) is 4.98 Å². The maximum Gasteiger partial charge on any atom is 0.0738 e. The first-order valence-corrected chi connectivity index (χ1v) is 6.15. The van der Waals surface area contributed by atoms with E-state index in [1.165, 1.54) is 19.3 Å². The third-order valence-electron chi connectivity index (χ3n) is 4.11. The van der Waals surface area contributed by atoms with Crippen LogP contribution in [-0.2, 0) is 0 Å². The topological polar surface area (TPSA) is 42.2 Å².